The molecule has 0 aliphatic carbocycles. The molecule has 0 bridgehead atoms. The number of rotatable bonds is 5. The second-order valence-corrected chi connectivity index (χ2v) is 8.02. The molecule has 1 aromatic carbocycles. The molecule has 0 aliphatic rings. The molecular weight excluding hydrogens is 392 g/mol. The maximum atomic E-state index is 12.8. The molecule has 0 saturated carbocycles. The Morgan fingerprint density at radius 2 is 1.89 bits per heavy atom. The fraction of sp³-hybridized carbons (Fsp3) is 0.250. The number of aromatic nitrogens is 4. The second kappa shape index (κ2) is 7.22. The number of sulfonamides is 1. The van der Waals surface area contributed by atoms with E-state index in [0.717, 1.165) is 5.56 Å². The summed E-state index contributed by atoms with van der Waals surface area (Å²) in [4.78, 5) is 25.1. The van der Waals surface area contributed by atoms with Crippen LogP contribution in [0.15, 0.2) is 40.2 Å². The molecule has 9 nitrogen and oxygen atoms in total. The Morgan fingerprint density at radius 1 is 1.22 bits per heavy atom. The molecule has 0 aliphatic heterocycles. The summed E-state index contributed by atoms with van der Waals surface area (Å²) >= 11 is 5.84. The third kappa shape index (κ3) is 4.07. The maximum Gasteiger partial charge on any atom is 0.295 e. The highest BCUT2D eigenvalue weighted by atomic mass is 35.5. The lowest BCUT2D eigenvalue weighted by molar-refractivity contribution is 0.593. The number of halogens is 1. The Labute approximate surface area is 160 Å². The summed E-state index contributed by atoms with van der Waals surface area (Å²) in [6.07, 6.45) is 1.45. The zero-order chi connectivity index (χ0) is 19.8. The summed E-state index contributed by atoms with van der Waals surface area (Å²) in [6.45, 7) is 3.98. The van der Waals surface area contributed by atoms with Gasteiger partial charge in [-0.25, -0.2) is 23.5 Å². The first-order valence-electron chi connectivity index (χ1n) is 7.97. The van der Waals surface area contributed by atoms with Gasteiger partial charge in [0, 0.05) is 12.6 Å². The Hall–Kier alpha value is -2.56. The van der Waals surface area contributed by atoms with Crippen molar-refractivity contribution in [1.29, 1.82) is 0 Å². The van der Waals surface area contributed by atoms with E-state index in [1.807, 2.05) is 13.8 Å². The van der Waals surface area contributed by atoms with Crippen molar-refractivity contribution in [3.05, 3.63) is 51.7 Å². The van der Waals surface area contributed by atoms with Crippen LogP contribution in [0.4, 0.5) is 5.82 Å². The van der Waals surface area contributed by atoms with Crippen molar-refractivity contribution in [2.24, 2.45) is 5.14 Å². The van der Waals surface area contributed by atoms with Gasteiger partial charge in [0.2, 0.25) is 15.3 Å². The number of hydrogen-bond acceptors (Lipinski definition) is 7. The van der Waals surface area contributed by atoms with Crippen molar-refractivity contribution in [2.45, 2.75) is 31.3 Å². The van der Waals surface area contributed by atoms with Crippen LogP contribution in [0.2, 0.25) is 5.28 Å². The molecule has 0 atom stereocenters. The molecule has 3 N–H and O–H groups in total. The molecule has 142 valence electrons. The molecule has 3 aromatic rings. The molecule has 0 amide bonds. The van der Waals surface area contributed by atoms with E-state index < -0.39 is 10.0 Å². The quantitative estimate of drug-likeness (QED) is 0.613. The Bertz CT molecular complexity index is 1160. The minimum Gasteiger partial charge on any atom is -0.361 e. The Morgan fingerprint density at radius 3 is 2.48 bits per heavy atom. The highest BCUT2D eigenvalue weighted by Crippen LogP contribution is 2.16. The minimum atomic E-state index is -3.75. The van der Waals surface area contributed by atoms with Crippen LogP contribution < -0.4 is 16.0 Å². The van der Waals surface area contributed by atoms with E-state index in [1.165, 1.54) is 22.9 Å². The van der Waals surface area contributed by atoms with Crippen LogP contribution in [0.3, 0.4) is 0 Å². The topological polar surface area (TPSA) is 133 Å². The van der Waals surface area contributed by atoms with E-state index in [4.69, 9.17) is 16.7 Å². The van der Waals surface area contributed by atoms with E-state index in [0.29, 0.717) is 11.2 Å². The average Bonchev–Trinajstić information content (AvgIpc) is 2.59. The van der Waals surface area contributed by atoms with Crippen LogP contribution in [0.5, 0.6) is 0 Å². The van der Waals surface area contributed by atoms with E-state index in [9.17, 15) is 13.2 Å². The van der Waals surface area contributed by atoms with Crippen molar-refractivity contribution >= 4 is 38.6 Å². The number of primary sulfonamides is 1. The first-order chi connectivity index (χ1) is 12.7. The lowest BCUT2D eigenvalue weighted by atomic mass is 10.2. The number of anilines is 1. The van der Waals surface area contributed by atoms with Gasteiger partial charge in [0.25, 0.3) is 5.56 Å². The molecular formula is C16H17ClN6O3S. The van der Waals surface area contributed by atoms with Crippen LogP contribution in [0.25, 0.3) is 11.2 Å². The molecule has 0 radical (unpaired) electrons. The van der Waals surface area contributed by atoms with Crippen molar-refractivity contribution in [2.75, 3.05) is 5.32 Å². The molecule has 27 heavy (non-hydrogen) atoms. The normalized spacial score (nSPS) is 11.9. The molecule has 0 spiro atoms. The van der Waals surface area contributed by atoms with Gasteiger partial charge in [0.05, 0.1) is 11.1 Å². The van der Waals surface area contributed by atoms with Crippen molar-refractivity contribution in [1.82, 2.24) is 19.5 Å². The first-order valence-corrected chi connectivity index (χ1v) is 9.89. The van der Waals surface area contributed by atoms with Crippen molar-refractivity contribution in [3.63, 3.8) is 0 Å². The predicted octanol–water partition coefficient (Wildman–Crippen LogP) is 1.68. The number of benzene rings is 1. The largest absolute Gasteiger partial charge is 0.361 e. The van der Waals surface area contributed by atoms with Gasteiger partial charge in [-0.3, -0.25) is 9.36 Å². The third-order valence-electron chi connectivity index (χ3n) is 3.83. The summed E-state index contributed by atoms with van der Waals surface area (Å²) in [5.74, 6) is 0.137. The van der Waals surface area contributed by atoms with Crippen molar-refractivity contribution < 1.29 is 8.42 Å². The van der Waals surface area contributed by atoms with Crippen LogP contribution in [-0.4, -0.2) is 27.9 Å². The van der Waals surface area contributed by atoms with Crippen LogP contribution in [0, 0.1) is 0 Å². The summed E-state index contributed by atoms with van der Waals surface area (Å²) in [7, 11) is -3.75. The van der Waals surface area contributed by atoms with Crippen LogP contribution >= 0.6 is 11.6 Å². The summed E-state index contributed by atoms with van der Waals surface area (Å²) in [5.41, 5.74) is 1.21. The summed E-state index contributed by atoms with van der Waals surface area (Å²) < 4.78 is 24.1. The fourth-order valence-electron chi connectivity index (χ4n) is 2.56. The Balaban J connectivity index is 1.94. The zero-order valence-electron chi connectivity index (χ0n) is 14.5. The van der Waals surface area contributed by atoms with Gasteiger partial charge < -0.3 is 5.32 Å². The van der Waals surface area contributed by atoms with E-state index in [1.54, 1.807) is 12.1 Å². The molecule has 3 rings (SSSR count). The number of fused-ring (bicyclic) bond motifs is 1. The van der Waals surface area contributed by atoms with E-state index >= 15 is 0 Å². The number of nitrogens with two attached hydrogens (primary N) is 1. The third-order valence-corrected chi connectivity index (χ3v) is 4.94. The molecule has 0 unspecified atom stereocenters. The number of nitrogens with one attached hydrogen (secondary N) is 1. The van der Waals surface area contributed by atoms with Gasteiger partial charge in [0.15, 0.2) is 11.5 Å². The van der Waals surface area contributed by atoms with Gasteiger partial charge in [-0.2, -0.15) is 4.98 Å². The molecule has 0 fully saturated rings. The molecule has 0 saturated heterocycles. The smallest absolute Gasteiger partial charge is 0.295 e. The fourth-order valence-corrected chi connectivity index (χ4v) is 3.20. The van der Waals surface area contributed by atoms with Gasteiger partial charge >= 0.3 is 0 Å². The zero-order valence-corrected chi connectivity index (χ0v) is 16.1. The summed E-state index contributed by atoms with van der Waals surface area (Å²) in [5, 5.41) is 8.09. The van der Waals surface area contributed by atoms with Gasteiger partial charge in [-0.1, -0.05) is 12.1 Å². The number of hydrogen-bond donors (Lipinski definition) is 2. The van der Waals surface area contributed by atoms with Gasteiger partial charge in [-0.05, 0) is 43.1 Å². The van der Waals surface area contributed by atoms with Gasteiger partial charge in [-0.15, -0.1) is 0 Å². The van der Waals surface area contributed by atoms with E-state index in [2.05, 4.69) is 20.3 Å². The number of nitrogens with zero attached hydrogens (tertiary/aromatic N) is 4. The monoisotopic (exact) mass is 408 g/mol. The van der Waals surface area contributed by atoms with Crippen LogP contribution in [0.1, 0.15) is 25.5 Å². The Kier molecular flexibility index (Phi) is 5.13. The van der Waals surface area contributed by atoms with Gasteiger partial charge in [0.1, 0.15) is 5.52 Å². The highest BCUT2D eigenvalue weighted by Gasteiger charge is 2.15. The predicted molar refractivity (Wildman–Crippen MR) is 102 cm³/mol. The average molecular weight is 409 g/mol. The first kappa shape index (κ1) is 19.2. The lowest BCUT2D eigenvalue weighted by Gasteiger charge is -2.15. The molecule has 2 aromatic heterocycles. The SMILES string of the molecule is CC(C)n1c(=O)c(NCc2ccc(S(N)(=O)=O)cc2)nc2cnc(Cl)nc21. The summed E-state index contributed by atoms with van der Waals surface area (Å²) in [6, 6.07) is 5.86. The maximum absolute atomic E-state index is 12.8. The second-order valence-electron chi connectivity index (χ2n) is 6.12. The van der Waals surface area contributed by atoms with E-state index in [-0.39, 0.29) is 34.1 Å². The molecule has 11 heteroatoms. The standard InChI is InChI=1S/C16H17ClN6O3S/c1-9(2)23-14-12(8-20-16(17)22-14)21-13(15(23)24)19-7-10-3-5-11(6-4-10)27(18,25)26/h3-6,8-9H,7H2,1-2H3,(H,19,21)(H2,18,25,26). The molecule has 2 heterocycles. The van der Waals surface area contributed by atoms with Crippen LogP contribution in [-0.2, 0) is 16.6 Å². The lowest BCUT2D eigenvalue weighted by Crippen LogP contribution is -2.27. The van der Waals surface area contributed by atoms with Crippen molar-refractivity contribution in [3.8, 4) is 0 Å². The minimum absolute atomic E-state index is 0.0197. The highest BCUT2D eigenvalue weighted by molar-refractivity contribution is 7.89.